The Kier molecular flexibility index (Phi) is 7.48. The molecule has 0 aliphatic carbocycles. The molecule has 1 aromatic heterocycles. The zero-order valence-corrected chi connectivity index (χ0v) is 22.9. The molecular weight excluding hydrogens is 551 g/mol. The van der Waals surface area contributed by atoms with Crippen molar-refractivity contribution in [2.24, 2.45) is 0 Å². The largest absolute Gasteiger partial charge is 0.410 e. The van der Waals surface area contributed by atoms with E-state index < -0.39 is 18.3 Å². The summed E-state index contributed by atoms with van der Waals surface area (Å²) in [5.41, 5.74) is 3.03. The molecule has 4 aromatic rings. The van der Waals surface area contributed by atoms with Crippen molar-refractivity contribution in [1.82, 2.24) is 19.6 Å². The normalized spacial score (nSPS) is 19.6. The molecule has 2 unspecified atom stereocenters. The van der Waals surface area contributed by atoms with Crippen LogP contribution in [0.25, 0.3) is 0 Å². The molecule has 10 heteroatoms. The molecule has 3 heterocycles. The zero-order chi connectivity index (χ0) is 28.6. The van der Waals surface area contributed by atoms with Crippen LogP contribution >= 0.6 is 11.6 Å². The first-order chi connectivity index (χ1) is 19.8. The highest BCUT2D eigenvalue weighted by Gasteiger charge is 2.47. The Balaban J connectivity index is 1.20. The number of carbonyl (C=O) groups is 1. The summed E-state index contributed by atoms with van der Waals surface area (Å²) in [5.74, 6) is -0.193. The van der Waals surface area contributed by atoms with E-state index in [0.717, 1.165) is 4.68 Å². The maximum absolute atomic E-state index is 14.1. The first kappa shape index (κ1) is 27.4. The van der Waals surface area contributed by atoms with E-state index in [9.17, 15) is 18.0 Å². The van der Waals surface area contributed by atoms with E-state index in [2.05, 4.69) is 39.6 Å². The molecule has 41 heavy (non-hydrogen) atoms. The van der Waals surface area contributed by atoms with Gasteiger partial charge < -0.3 is 10.2 Å². The van der Waals surface area contributed by atoms with Crippen molar-refractivity contribution in [3.05, 3.63) is 118 Å². The lowest BCUT2D eigenvalue weighted by molar-refractivity contribution is -0.173. The number of amides is 1. The van der Waals surface area contributed by atoms with Gasteiger partial charge in [-0.3, -0.25) is 9.69 Å². The number of rotatable bonds is 5. The van der Waals surface area contributed by atoms with Crippen LogP contribution in [0.5, 0.6) is 0 Å². The summed E-state index contributed by atoms with van der Waals surface area (Å²) in [6.45, 7) is 2.13. The number of hydrogen-bond donors (Lipinski definition) is 1. The average Bonchev–Trinajstić information content (AvgIpc) is 3.42. The van der Waals surface area contributed by atoms with Crippen LogP contribution in [0.15, 0.2) is 91.0 Å². The summed E-state index contributed by atoms with van der Waals surface area (Å²) in [5, 5.41) is 7.83. The number of nitrogens with zero attached hydrogens (tertiary/aromatic N) is 4. The second-order valence-corrected chi connectivity index (χ2v) is 10.9. The minimum atomic E-state index is -4.52. The quantitative estimate of drug-likeness (QED) is 0.284. The monoisotopic (exact) mass is 579 g/mol. The van der Waals surface area contributed by atoms with Gasteiger partial charge in [-0.25, -0.2) is 4.68 Å². The number of carbonyl (C=O) groups excluding carboxylic acids is 1. The van der Waals surface area contributed by atoms with Gasteiger partial charge in [0, 0.05) is 43.7 Å². The molecule has 1 N–H and O–H groups in total. The molecule has 1 amide bonds. The van der Waals surface area contributed by atoms with E-state index in [4.69, 9.17) is 11.6 Å². The maximum atomic E-state index is 14.1. The van der Waals surface area contributed by atoms with E-state index in [1.807, 2.05) is 36.4 Å². The highest BCUT2D eigenvalue weighted by molar-refractivity contribution is 6.30. The number of anilines is 1. The molecule has 0 bridgehead atoms. The Hall–Kier alpha value is -3.82. The SMILES string of the molecule is O=C(c1cc2n(n1)C(C(F)(F)F)CC(c1ccc(Cl)cc1)N2)N1CCN(C(c2ccccc2)c2ccccc2)CC1. The van der Waals surface area contributed by atoms with Gasteiger partial charge in [0.05, 0.1) is 12.1 Å². The molecule has 212 valence electrons. The van der Waals surface area contributed by atoms with Crippen molar-refractivity contribution in [3.8, 4) is 0 Å². The summed E-state index contributed by atoms with van der Waals surface area (Å²) in [7, 11) is 0. The van der Waals surface area contributed by atoms with Crippen LogP contribution in [0, 0.1) is 0 Å². The van der Waals surface area contributed by atoms with Gasteiger partial charge in [-0.2, -0.15) is 18.3 Å². The van der Waals surface area contributed by atoms with Crippen LogP contribution < -0.4 is 5.32 Å². The van der Waals surface area contributed by atoms with Crippen LogP contribution in [0.4, 0.5) is 19.0 Å². The first-order valence-corrected chi connectivity index (χ1v) is 14.0. The fourth-order valence-corrected chi connectivity index (χ4v) is 5.95. The molecule has 1 fully saturated rings. The standard InChI is InChI=1S/C31H29ClF3N5O/c32-24-13-11-21(12-14-24)25-19-27(31(33,34)35)40-28(36-25)20-26(37-40)30(41)39-17-15-38(16-18-39)29(22-7-3-1-4-8-22)23-9-5-2-6-10-23/h1-14,20,25,27,29,36H,15-19H2. The van der Waals surface area contributed by atoms with Crippen LogP contribution in [-0.4, -0.2) is 57.8 Å². The summed E-state index contributed by atoms with van der Waals surface area (Å²) in [6.07, 6.45) is -4.77. The van der Waals surface area contributed by atoms with Crippen molar-refractivity contribution in [3.63, 3.8) is 0 Å². The lowest BCUT2D eigenvalue weighted by atomic mass is 9.96. The van der Waals surface area contributed by atoms with Crippen LogP contribution in [0.1, 0.15) is 51.7 Å². The fourth-order valence-electron chi connectivity index (χ4n) is 5.82. The highest BCUT2D eigenvalue weighted by Crippen LogP contribution is 2.44. The average molecular weight is 580 g/mol. The predicted octanol–water partition coefficient (Wildman–Crippen LogP) is 6.74. The third-order valence-electron chi connectivity index (χ3n) is 7.88. The topological polar surface area (TPSA) is 53.4 Å². The van der Waals surface area contributed by atoms with Gasteiger partial charge in [-0.15, -0.1) is 0 Å². The van der Waals surface area contributed by atoms with Gasteiger partial charge in [-0.05, 0) is 28.8 Å². The Morgan fingerprint density at radius 1 is 0.878 bits per heavy atom. The molecule has 2 aliphatic rings. The summed E-state index contributed by atoms with van der Waals surface area (Å²) >= 11 is 5.97. The van der Waals surface area contributed by atoms with Crippen molar-refractivity contribution in [1.29, 1.82) is 0 Å². The molecule has 3 aromatic carbocycles. The lowest BCUT2D eigenvalue weighted by Gasteiger charge is -2.39. The number of halogens is 4. The third-order valence-corrected chi connectivity index (χ3v) is 8.13. The molecule has 0 radical (unpaired) electrons. The Morgan fingerprint density at radius 2 is 1.46 bits per heavy atom. The number of benzene rings is 3. The zero-order valence-electron chi connectivity index (χ0n) is 22.1. The Morgan fingerprint density at radius 3 is 2.02 bits per heavy atom. The predicted molar refractivity (Wildman–Crippen MR) is 152 cm³/mol. The minimum absolute atomic E-state index is 0.00891. The van der Waals surface area contributed by atoms with Gasteiger partial charge in [-0.1, -0.05) is 84.4 Å². The van der Waals surface area contributed by atoms with Crippen LogP contribution in [-0.2, 0) is 0 Å². The molecule has 0 spiro atoms. The number of hydrogen-bond acceptors (Lipinski definition) is 4. The number of alkyl halides is 3. The number of aromatic nitrogens is 2. The van der Waals surface area contributed by atoms with Gasteiger partial charge >= 0.3 is 6.18 Å². The van der Waals surface area contributed by atoms with E-state index in [1.54, 1.807) is 29.2 Å². The summed E-state index contributed by atoms with van der Waals surface area (Å²) in [6, 6.07) is 26.2. The minimum Gasteiger partial charge on any atom is -0.363 e. The number of piperazine rings is 1. The lowest BCUT2D eigenvalue weighted by Crippen LogP contribution is -2.50. The maximum Gasteiger partial charge on any atom is 0.410 e. The van der Waals surface area contributed by atoms with E-state index in [-0.39, 0.29) is 29.9 Å². The molecule has 2 atom stereocenters. The molecular formula is C31H29ClF3N5O. The molecule has 0 saturated carbocycles. The molecule has 2 aliphatic heterocycles. The van der Waals surface area contributed by atoms with E-state index in [0.29, 0.717) is 36.8 Å². The van der Waals surface area contributed by atoms with Gasteiger partial charge in [0.1, 0.15) is 5.82 Å². The van der Waals surface area contributed by atoms with Gasteiger partial charge in [0.2, 0.25) is 0 Å². The number of fused-ring (bicyclic) bond motifs is 1. The van der Waals surface area contributed by atoms with E-state index >= 15 is 0 Å². The van der Waals surface area contributed by atoms with Crippen molar-refractivity contribution < 1.29 is 18.0 Å². The number of nitrogens with one attached hydrogen (secondary N) is 1. The Bertz CT molecular complexity index is 1450. The first-order valence-electron chi connectivity index (χ1n) is 13.6. The van der Waals surface area contributed by atoms with Crippen LogP contribution in [0.2, 0.25) is 5.02 Å². The molecule has 6 rings (SSSR count). The second-order valence-electron chi connectivity index (χ2n) is 10.5. The van der Waals surface area contributed by atoms with Crippen molar-refractivity contribution in [2.75, 3.05) is 31.5 Å². The molecule has 1 saturated heterocycles. The van der Waals surface area contributed by atoms with Gasteiger partial charge in [0.25, 0.3) is 5.91 Å². The molecule has 6 nitrogen and oxygen atoms in total. The van der Waals surface area contributed by atoms with Gasteiger partial charge in [0.15, 0.2) is 11.7 Å². The fraction of sp³-hybridized carbons (Fsp3) is 0.290. The smallest absolute Gasteiger partial charge is 0.363 e. The second kappa shape index (κ2) is 11.2. The Labute approximate surface area is 241 Å². The third kappa shape index (κ3) is 5.69. The highest BCUT2D eigenvalue weighted by atomic mass is 35.5. The van der Waals surface area contributed by atoms with E-state index in [1.165, 1.54) is 17.2 Å². The summed E-state index contributed by atoms with van der Waals surface area (Å²) in [4.78, 5) is 17.5. The van der Waals surface area contributed by atoms with Crippen molar-refractivity contribution >= 4 is 23.3 Å². The summed E-state index contributed by atoms with van der Waals surface area (Å²) < 4.78 is 43.3. The van der Waals surface area contributed by atoms with Crippen LogP contribution in [0.3, 0.4) is 0 Å². The van der Waals surface area contributed by atoms with Crippen molar-refractivity contribution in [2.45, 2.75) is 30.7 Å².